The number of pyridine rings is 2. The number of thiazole rings is 1. The maximum atomic E-state index is 12.9. The average molecular weight is 454 g/mol. The molecule has 5 rings (SSSR count). The largest absolute Gasteiger partial charge is 0.378 e. The zero-order chi connectivity index (χ0) is 21.3. The zero-order valence-electron chi connectivity index (χ0n) is 16.4. The number of nitrogens with one attached hydrogen (secondary N) is 1. The predicted octanol–water partition coefficient (Wildman–Crippen LogP) is 3.39. The maximum absolute atomic E-state index is 12.9. The minimum Gasteiger partial charge on any atom is -0.378 e. The van der Waals surface area contributed by atoms with Crippen LogP contribution in [0.2, 0.25) is 0 Å². The van der Waals surface area contributed by atoms with E-state index in [1.165, 1.54) is 17.5 Å². The van der Waals surface area contributed by atoms with Gasteiger partial charge in [0.2, 0.25) is 0 Å². The number of aromatic nitrogens is 3. The van der Waals surface area contributed by atoms with Gasteiger partial charge in [-0.3, -0.25) is 9.71 Å². The van der Waals surface area contributed by atoms with Gasteiger partial charge >= 0.3 is 0 Å². The number of sulfonamides is 1. The number of rotatable bonds is 5. The van der Waals surface area contributed by atoms with Gasteiger partial charge < -0.3 is 9.64 Å². The second-order valence-corrected chi connectivity index (χ2v) is 9.71. The summed E-state index contributed by atoms with van der Waals surface area (Å²) < 4.78 is 34.7. The third-order valence-corrected chi connectivity index (χ3v) is 7.34. The fourth-order valence-corrected chi connectivity index (χ4v) is 5.27. The first-order chi connectivity index (χ1) is 15.1. The van der Waals surface area contributed by atoms with Crippen molar-refractivity contribution in [2.45, 2.75) is 4.90 Å². The van der Waals surface area contributed by atoms with E-state index in [0.717, 1.165) is 39.7 Å². The molecule has 0 atom stereocenters. The topological polar surface area (TPSA) is 97.3 Å². The highest BCUT2D eigenvalue weighted by Gasteiger charge is 2.18. The lowest BCUT2D eigenvalue weighted by molar-refractivity contribution is 0.122. The molecule has 31 heavy (non-hydrogen) atoms. The molecule has 0 aliphatic carbocycles. The predicted molar refractivity (Wildman–Crippen MR) is 121 cm³/mol. The molecule has 0 saturated carbocycles. The number of anilines is 2. The Morgan fingerprint density at radius 1 is 1.06 bits per heavy atom. The zero-order valence-corrected chi connectivity index (χ0v) is 18.1. The summed E-state index contributed by atoms with van der Waals surface area (Å²) in [5.41, 5.74) is 2.17. The lowest BCUT2D eigenvalue weighted by Crippen LogP contribution is -2.36. The molecule has 0 bridgehead atoms. The number of fused-ring (bicyclic) bond motifs is 1. The van der Waals surface area contributed by atoms with Crippen molar-refractivity contribution in [1.29, 1.82) is 0 Å². The number of morpholine rings is 1. The van der Waals surface area contributed by atoms with Crippen LogP contribution >= 0.6 is 11.3 Å². The van der Waals surface area contributed by atoms with Crippen LogP contribution in [-0.2, 0) is 14.8 Å². The van der Waals surface area contributed by atoms with E-state index >= 15 is 0 Å². The van der Waals surface area contributed by atoms with Crippen molar-refractivity contribution >= 4 is 43.1 Å². The molecule has 0 spiro atoms. The monoisotopic (exact) mass is 453 g/mol. The standard InChI is InChI=1S/C21H19N5O3S2/c27-31(28,17-4-5-20(23-13-17)26-8-10-29-11-9-26)25-16-3-1-2-15(12-16)21-24-18-6-7-22-14-19(18)30-21/h1-7,12-14,25H,8-11H2. The first-order valence-corrected chi connectivity index (χ1v) is 12.0. The number of ether oxygens (including phenoxy) is 1. The maximum Gasteiger partial charge on any atom is 0.263 e. The Kier molecular flexibility index (Phi) is 5.26. The second kappa shape index (κ2) is 8.22. The molecule has 8 nitrogen and oxygen atoms in total. The van der Waals surface area contributed by atoms with Gasteiger partial charge in [-0.25, -0.2) is 18.4 Å². The van der Waals surface area contributed by atoms with E-state index in [-0.39, 0.29) is 4.90 Å². The summed E-state index contributed by atoms with van der Waals surface area (Å²) in [6.07, 6.45) is 4.86. The molecule has 158 valence electrons. The lowest BCUT2D eigenvalue weighted by atomic mass is 10.2. The molecule has 4 aromatic rings. The quantitative estimate of drug-likeness (QED) is 0.495. The Labute approximate surface area is 183 Å². The van der Waals surface area contributed by atoms with Gasteiger partial charge in [-0.1, -0.05) is 12.1 Å². The minimum atomic E-state index is -3.77. The van der Waals surface area contributed by atoms with E-state index in [2.05, 4.69) is 24.6 Å². The van der Waals surface area contributed by atoms with Crippen molar-refractivity contribution in [1.82, 2.24) is 15.0 Å². The third kappa shape index (κ3) is 4.22. The molecule has 0 amide bonds. The SMILES string of the molecule is O=S(=O)(Nc1cccc(-c2nc3ccncc3s2)c1)c1ccc(N2CCOCC2)nc1. The second-order valence-electron chi connectivity index (χ2n) is 7.00. The normalized spacial score (nSPS) is 14.6. The smallest absolute Gasteiger partial charge is 0.263 e. The van der Waals surface area contributed by atoms with Crippen molar-refractivity contribution in [2.24, 2.45) is 0 Å². The minimum absolute atomic E-state index is 0.112. The third-order valence-electron chi connectivity index (χ3n) is 4.92. The molecule has 0 radical (unpaired) electrons. The molecular weight excluding hydrogens is 434 g/mol. The summed E-state index contributed by atoms with van der Waals surface area (Å²) in [6.45, 7) is 2.77. The number of nitrogens with zero attached hydrogens (tertiary/aromatic N) is 4. The van der Waals surface area contributed by atoms with Crippen LogP contribution in [0.25, 0.3) is 20.8 Å². The Hall–Kier alpha value is -3.08. The van der Waals surface area contributed by atoms with E-state index in [9.17, 15) is 8.42 Å². The van der Waals surface area contributed by atoms with Gasteiger partial charge in [-0.05, 0) is 30.3 Å². The van der Waals surface area contributed by atoms with E-state index in [4.69, 9.17) is 4.74 Å². The Morgan fingerprint density at radius 3 is 2.71 bits per heavy atom. The highest BCUT2D eigenvalue weighted by molar-refractivity contribution is 7.92. The van der Waals surface area contributed by atoms with E-state index in [1.54, 1.807) is 42.7 Å². The molecule has 1 aliphatic rings. The Bertz CT molecular complexity index is 1280. The number of hydrogen-bond donors (Lipinski definition) is 1. The average Bonchev–Trinajstić information content (AvgIpc) is 3.24. The van der Waals surface area contributed by atoms with E-state index in [1.807, 2.05) is 12.1 Å². The van der Waals surface area contributed by atoms with Gasteiger partial charge in [-0.2, -0.15) is 0 Å². The summed E-state index contributed by atoms with van der Waals surface area (Å²) in [6, 6.07) is 12.4. The van der Waals surface area contributed by atoms with Gasteiger partial charge in [0.1, 0.15) is 15.7 Å². The molecule has 1 N–H and O–H groups in total. The van der Waals surface area contributed by atoms with Gasteiger partial charge in [0.05, 0.1) is 23.4 Å². The highest BCUT2D eigenvalue weighted by Crippen LogP contribution is 2.31. The summed E-state index contributed by atoms with van der Waals surface area (Å²) >= 11 is 1.51. The lowest BCUT2D eigenvalue weighted by Gasteiger charge is -2.27. The van der Waals surface area contributed by atoms with Crippen LogP contribution in [0, 0.1) is 0 Å². The first kappa shape index (κ1) is 19.9. The van der Waals surface area contributed by atoms with Gasteiger partial charge in [0, 0.05) is 42.9 Å². The van der Waals surface area contributed by atoms with Crippen molar-refractivity contribution < 1.29 is 13.2 Å². The van der Waals surface area contributed by atoms with E-state index < -0.39 is 10.0 Å². The van der Waals surface area contributed by atoms with Crippen molar-refractivity contribution in [3.8, 4) is 10.6 Å². The van der Waals surface area contributed by atoms with Crippen LogP contribution < -0.4 is 9.62 Å². The van der Waals surface area contributed by atoms with E-state index in [0.29, 0.717) is 18.9 Å². The summed E-state index contributed by atoms with van der Waals surface area (Å²) in [5.74, 6) is 0.745. The molecular formula is C21H19N5O3S2. The molecule has 0 unspecified atom stereocenters. The van der Waals surface area contributed by atoms with Crippen molar-refractivity contribution in [2.75, 3.05) is 35.9 Å². The van der Waals surface area contributed by atoms with Crippen LogP contribution in [0.15, 0.2) is 66.0 Å². The summed E-state index contributed by atoms with van der Waals surface area (Å²) in [5, 5.41) is 0.806. The fourth-order valence-electron chi connectivity index (χ4n) is 3.34. The van der Waals surface area contributed by atoms with Gasteiger partial charge in [0.15, 0.2) is 0 Å². The van der Waals surface area contributed by atoms with Crippen LogP contribution in [-0.4, -0.2) is 49.7 Å². The Balaban J connectivity index is 1.37. The van der Waals surface area contributed by atoms with Crippen LogP contribution in [0.1, 0.15) is 0 Å². The van der Waals surface area contributed by atoms with Crippen molar-refractivity contribution in [3.63, 3.8) is 0 Å². The highest BCUT2D eigenvalue weighted by atomic mass is 32.2. The van der Waals surface area contributed by atoms with Gasteiger partial charge in [-0.15, -0.1) is 11.3 Å². The molecule has 1 saturated heterocycles. The molecule has 1 aliphatic heterocycles. The van der Waals surface area contributed by atoms with Crippen LogP contribution in [0.5, 0.6) is 0 Å². The summed E-state index contributed by atoms with van der Waals surface area (Å²) in [4.78, 5) is 15.3. The number of hydrogen-bond acceptors (Lipinski definition) is 8. The van der Waals surface area contributed by atoms with Crippen LogP contribution in [0.4, 0.5) is 11.5 Å². The van der Waals surface area contributed by atoms with Gasteiger partial charge in [0.25, 0.3) is 10.0 Å². The molecule has 3 aromatic heterocycles. The molecule has 10 heteroatoms. The molecule has 1 aromatic carbocycles. The Morgan fingerprint density at radius 2 is 1.94 bits per heavy atom. The first-order valence-electron chi connectivity index (χ1n) is 9.71. The molecule has 1 fully saturated rings. The fraction of sp³-hybridized carbons (Fsp3) is 0.190. The van der Waals surface area contributed by atoms with Crippen molar-refractivity contribution in [3.05, 3.63) is 61.1 Å². The summed E-state index contributed by atoms with van der Waals surface area (Å²) in [7, 11) is -3.77. The van der Waals surface area contributed by atoms with Crippen LogP contribution in [0.3, 0.4) is 0 Å². The number of benzene rings is 1. The molecule has 4 heterocycles.